The number of amides is 1. The average Bonchev–Trinajstić information content (AvgIpc) is 2.75. The van der Waals surface area contributed by atoms with Crippen molar-refractivity contribution in [2.24, 2.45) is 5.73 Å². The summed E-state index contributed by atoms with van der Waals surface area (Å²) in [6.07, 6.45) is 2.60. The van der Waals surface area contributed by atoms with Gasteiger partial charge in [-0.25, -0.2) is 4.98 Å². The van der Waals surface area contributed by atoms with Gasteiger partial charge in [0.25, 0.3) is 5.91 Å². The number of hydrogen-bond acceptors (Lipinski definition) is 9. The van der Waals surface area contributed by atoms with E-state index in [4.69, 9.17) is 10.5 Å². The smallest absolute Gasteiger partial charge is 0.273 e. The Kier molecular flexibility index (Phi) is 5.63. The van der Waals surface area contributed by atoms with Crippen molar-refractivity contribution in [3.05, 3.63) is 52.8 Å². The van der Waals surface area contributed by atoms with E-state index in [1.54, 1.807) is 13.3 Å². The van der Waals surface area contributed by atoms with Crippen molar-refractivity contribution in [3.8, 4) is 5.75 Å². The summed E-state index contributed by atoms with van der Waals surface area (Å²) in [7, 11) is 3.71. The molecule has 0 radical (unpaired) electrons. The van der Waals surface area contributed by atoms with Gasteiger partial charge >= 0.3 is 0 Å². The van der Waals surface area contributed by atoms with Gasteiger partial charge in [-0.2, -0.15) is 4.98 Å². The van der Waals surface area contributed by atoms with Gasteiger partial charge in [0, 0.05) is 19.3 Å². The van der Waals surface area contributed by atoms with E-state index in [-0.39, 0.29) is 17.5 Å². The fourth-order valence-corrected chi connectivity index (χ4v) is 3.48. The second kappa shape index (κ2) is 8.52. The van der Waals surface area contributed by atoms with E-state index < -0.39 is 5.91 Å². The summed E-state index contributed by atoms with van der Waals surface area (Å²) in [5.41, 5.74) is 9.45. The molecule has 10 nitrogen and oxygen atoms in total. The normalized spacial score (nSPS) is 13.4. The molecule has 1 aliphatic heterocycles. The lowest BCUT2D eigenvalue weighted by Crippen LogP contribution is -2.26. The highest BCUT2D eigenvalue weighted by Crippen LogP contribution is 2.33. The SMILES string of the molecule is COc1cc2c(cc1Nc1nnc(C(N)=O)c(Nc3ncccc3C)n1)CN(C)CC2. The van der Waals surface area contributed by atoms with E-state index in [1.165, 1.54) is 11.1 Å². The standard InChI is InChI=1S/C21H24N8O2/c1-12-5-4-7-23-19(12)25-20-17(18(22)30)27-28-21(26-20)24-15-9-14-11-29(2)8-6-13(14)10-16(15)31-3/h4-5,7,9-10H,6,8,11H2,1-3H3,(H2,22,30)(H2,23,24,25,26,28). The number of primary amides is 1. The van der Waals surface area contributed by atoms with Crippen molar-refractivity contribution < 1.29 is 9.53 Å². The van der Waals surface area contributed by atoms with Gasteiger partial charge in [-0.3, -0.25) is 4.79 Å². The number of nitrogens with zero attached hydrogens (tertiary/aromatic N) is 5. The Bertz CT molecular complexity index is 1130. The van der Waals surface area contributed by atoms with Crippen LogP contribution >= 0.6 is 0 Å². The Labute approximate surface area is 179 Å². The molecule has 3 heterocycles. The van der Waals surface area contributed by atoms with E-state index in [2.05, 4.69) is 42.7 Å². The number of methoxy groups -OCH3 is 1. The van der Waals surface area contributed by atoms with Gasteiger partial charge in [-0.1, -0.05) is 6.07 Å². The van der Waals surface area contributed by atoms with E-state index in [9.17, 15) is 4.79 Å². The number of rotatable bonds is 6. The Morgan fingerprint density at radius 2 is 2.03 bits per heavy atom. The summed E-state index contributed by atoms with van der Waals surface area (Å²) in [5, 5.41) is 14.2. The van der Waals surface area contributed by atoms with Crippen LogP contribution in [0.1, 0.15) is 27.2 Å². The number of carbonyl (C=O) groups is 1. The molecule has 1 aliphatic rings. The van der Waals surface area contributed by atoms with Gasteiger partial charge in [0.05, 0.1) is 12.8 Å². The maximum atomic E-state index is 11.8. The minimum Gasteiger partial charge on any atom is -0.495 e. The van der Waals surface area contributed by atoms with Crippen LogP contribution in [0.2, 0.25) is 0 Å². The zero-order valence-electron chi connectivity index (χ0n) is 17.6. The quantitative estimate of drug-likeness (QED) is 0.549. The highest BCUT2D eigenvalue weighted by atomic mass is 16.5. The molecule has 10 heteroatoms. The van der Waals surface area contributed by atoms with Crippen molar-refractivity contribution in [1.29, 1.82) is 0 Å². The minimum atomic E-state index is -0.739. The molecule has 0 unspecified atom stereocenters. The summed E-state index contributed by atoms with van der Waals surface area (Å²) in [6, 6.07) is 7.78. The number of nitrogens with one attached hydrogen (secondary N) is 2. The van der Waals surface area contributed by atoms with Crippen molar-refractivity contribution >= 4 is 29.2 Å². The molecule has 0 atom stereocenters. The molecule has 4 rings (SSSR count). The summed E-state index contributed by atoms with van der Waals surface area (Å²) >= 11 is 0. The predicted octanol–water partition coefficient (Wildman–Crippen LogP) is 2.16. The minimum absolute atomic E-state index is 0.0744. The summed E-state index contributed by atoms with van der Waals surface area (Å²) in [6.45, 7) is 3.74. The zero-order chi connectivity index (χ0) is 22.0. The van der Waals surface area contributed by atoms with Crippen LogP contribution in [0.5, 0.6) is 5.75 Å². The number of likely N-dealkylation sites (N-methyl/N-ethyl adjacent to an activating group) is 1. The Balaban J connectivity index is 1.68. The van der Waals surface area contributed by atoms with Crippen LogP contribution in [0.25, 0.3) is 0 Å². The first kappa shape index (κ1) is 20.5. The lowest BCUT2D eigenvalue weighted by atomic mass is 9.99. The molecule has 0 saturated heterocycles. The summed E-state index contributed by atoms with van der Waals surface area (Å²) in [5.74, 6) is 0.857. The zero-order valence-corrected chi connectivity index (χ0v) is 17.6. The number of hydrogen-bond donors (Lipinski definition) is 3. The number of ether oxygens (including phenoxy) is 1. The molecule has 3 aromatic rings. The lowest BCUT2D eigenvalue weighted by molar-refractivity contribution is 0.0995. The number of anilines is 4. The molecule has 4 N–H and O–H groups in total. The first-order chi connectivity index (χ1) is 14.9. The third-order valence-corrected chi connectivity index (χ3v) is 5.14. The van der Waals surface area contributed by atoms with Crippen LogP contribution in [0.4, 0.5) is 23.3 Å². The van der Waals surface area contributed by atoms with Crippen LogP contribution in [0.3, 0.4) is 0 Å². The average molecular weight is 420 g/mol. The van der Waals surface area contributed by atoms with Crippen molar-refractivity contribution in [1.82, 2.24) is 25.1 Å². The van der Waals surface area contributed by atoms with Gasteiger partial charge in [0.2, 0.25) is 5.95 Å². The second-order valence-corrected chi connectivity index (χ2v) is 7.42. The van der Waals surface area contributed by atoms with Crippen LogP contribution in [-0.2, 0) is 13.0 Å². The monoisotopic (exact) mass is 420 g/mol. The second-order valence-electron chi connectivity index (χ2n) is 7.42. The topological polar surface area (TPSA) is 131 Å². The molecule has 0 aliphatic carbocycles. The number of nitrogens with two attached hydrogens (primary N) is 1. The fraction of sp³-hybridized carbons (Fsp3) is 0.286. The molecular weight excluding hydrogens is 396 g/mol. The molecular formula is C21H24N8O2. The van der Waals surface area contributed by atoms with Crippen molar-refractivity contribution in [2.75, 3.05) is 31.3 Å². The molecule has 0 fully saturated rings. The highest BCUT2D eigenvalue weighted by Gasteiger charge is 2.19. The van der Waals surface area contributed by atoms with Gasteiger partial charge in [-0.15, -0.1) is 10.2 Å². The Morgan fingerprint density at radius 1 is 1.19 bits per heavy atom. The van der Waals surface area contributed by atoms with Crippen molar-refractivity contribution in [2.45, 2.75) is 19.9 Å². The van der Waals surface area contributed by atoms with E-state index in [0.717, 1.165) is 25.1 Å². The molecule has 2 aromatic heterocycles. The summed E-state index contributed by atoms with van der Waals surface area (Å²) < 4.78 is 5.56. The van der Waals surface area contributed by atoms with Crippen LogP contribution < -0.4 is 21.1 Å². The molecule has 1 amide bonds. The van der Waals surface area contributed by atoms with Gasteiger partial charge in [-0.05, 0) is 55.3 Å². The van der Waals surface area contributed by atoms with E-state index in [1.807, 2.05) is 31.2 Å². The molecule has 160 valence electrons. The molecule has 0 bridgehead atoms. The molecule has 0 spiro atoms. The number of fused-ring (bicyclic) bond motifs is 1. The largest absolute Gasteiger partial charge is 0.495 e. The first-order valence-electron chi connectivity index (χ1n) is 9.83. The number of aryl methyl sites for hydroxylation is 1. The van der Waals surface area contributed by atoms with Crippen molar-refractivity contribution in [3.63, 3.8) is 0 Å². The number of pyridine rings is 1. The van der Waals surface area contributed by atoms with E-state index in [0.29, 0.717) is 17.3 Å². The first-order valence-corrected chi connectivity index (χ1v) is 9.83. The summed E-state index contributed by atoms with van der Waals surface area (Å²) in [4.78, 5) is 22.8. The van der Waals surface area contributed by atoms with Crippen LogP contribution in [-0.4, -0.2) is 51.7 Å². The predicted molar refractivity (Wildman–Crippen MR) is 117 cm³/mol. The van der Waals surface area contributed by atoms with E-state index >= 15 is 0 Å². The Hall–Kier alpha value is -3.79. The number of benzene rings is 1. The third-order valence-electron chi connectivity index (χ3n) is 5.14. The van der Waals surface area contributed by atoms with Crippen LogP contribution in [0, 0.1) is 6.92 Å². The van der Waals surface area contributed by atoms with Crippen LogP contribution in [0.15, 0.2) is 30.5 Å². The maximum Gasteiger partial charge on any atom is 0.273 e. The third kappa shape index (κ3) is 4.38. The highest BCUT2D eigenvalue weighted by molar-refractivity contribution is 5.96. The van der Waals surface area contributed by atoms with Gasteiger partial charge in [0.1, 0.15) is 11.6 Å². The van der Waals surface area contributed by atoms with Gasteiger partial charge in [0.15, 0.2) is 11.5 Å². The maximum absolute atomic E-state index is 11.8. The molecule has 31 heavy (non-hydrogen) atoms. The fourth-order valence-electron chi connectivity index (χ4n) is 3.48. The molecule has 0 saturated carbocycles. The Morgan fingerprint density at radius 3 is 2.77 bits per heavy atom. The number of aromatic nitrogens is 4. The number of carbonyl (C=O) groups excluding carboxylic acids is 1. The molecule has 1 aromatic carbocycles. The van der Waals surface area contributed by atoms with Gasteiger partial charge < -0.3 is 26.0 Å². The lowest BCUT2D eigenvalue weighted by Gasteiger charge is -2.26.